The minimum Gasteiger partial charge on any atom is -0.310 e. The first kappa shape index (κ1) is 15.7. The SMILES string of the molecule is CCNC(CC(C)CC(C)C)c1ccc(Br)cc1. The third-order valence-corrected chi connectivity index (χ3v) is 3.76. The molecule has 0 saturated heterocycles. The highest BCUT2D eigenvalue weighted by atomic mass is 79.9. The Bertz CT molecular complexity index is 331. The van der Waals surface area contributed by atoms with E-state index < -0.39 is 0 Å². The van der Waals surface area contributed by atoms with Crippen LogP contribution in [-0.2, 0) is 0 Å². The Hall–Kier alpha value is -0.340. The molecule has 102 valence electrons. The summed E-state index contributed by atoms with van der Waals surface area (Å²) in [6, 6.07) is 9.19. The van der Waals surface area contributed by atoms with E-state index in [-0.39, 0.29) is 0 Å². The minimum absolute atomic E-state index is 0.483. The van der Waals surface area contributed by atoms with Crippen LogP contribution in [0.3, 0.4) is 0 Å². The lowest BCUT2D eigenvalue weighted by molar-refractivity contribution is 0.359. The average Bonchev–Trinajstić information content (AvgIpc) is 2.28. The van der Waals surface area contributed by atoms with E-state index in [4.69, 9.17) is 0 Å². The summed E-state index contributed by atoms with van der Waals surface area (Å²) in [5.41, 5.74) is 1.40. The highest BCUT2D eigenvalue weighted by Crippen LogP contribution is 2.26. The molecular formula is C16H26BrN. The second-order valence-corrected chi connectivity index (χ2v) is 6.55. The first-order valence-corrected chi connectivity index (χ1v) is 7.81. The average molecular weight is 312 g/mol. The third kappa shape index (κ3) is 5.53. The van der Waals surface area contributed by atoms with Crippen LogP contribution in [0.1, 0.15) is 52.1 Å². The van der Waals surface area contributed by atoms with Crippen molar-refractivity contribution >= 4 is 15.9 Å². The van der Waals surface area contributed by atoms with Gasteiger partial charge in [0.25, 0.3) is 0 Å². The molecule has 0 bridgehead atoms. The number of halogens is 1. The van der Waals surface area contributed by atoms with Gasteiger partial charge in [-0.1, -0.05) is 55.8 Å². The van der Waals surface area contributed by atoms with Crippen LogP contribution in [0.5, 0.6) is 0 Å². The summed E-state index contributed by atoms with van der Waals surface area (Å²) in [5.74, 6) is 1.55. The lowest BCUT2D eigenvalue weighted by Gasteiger charge is -2.23. The fourth-order valence-corrected chi connectivity index (χ4v) is 2.85. The molecule has 0 aliphatic carbocycles. The van der Waals surface area contributed by atoms with Crippen molar-refractivity contribution in [3.8, 4) is 0 Å². The van der Waals surface area contributed by atoms with Crippen LogP contribution in [0.4, 0.5) is 0 Å². The van der Waals surface area contributed by atoms with Crippen molar-refractivity contribution in [3.63, 3.8) is 0 Å². The second-order valence-electron chi connectivity index (χ2n) is 5.63. The maximum Gasteiger partial charge on any atom is 0.0322 e. The number of nitrogens with one attached hydrogen (secondary N) is 1. The molecule has 0 fully saturated rings. The Morgan fingerprint density at radius 1 is 1.06 bits per heavy atom. The van der Waals surface area contributed by atoms with Gasteiger partial charge in [-0.05, 0) is 48.9 Å². The van der Waals surface area contributed by atoms with Gasteiger partial charge in [0.05, 0.1) is 0 Å². The summed E-state index contributed by atoms with van der Waals surface area (Å²) >= 11 is 3.50. The van der Waals surface area contributed by atoms with Crippen molar-refractivity contribution < 1.29 is 0 Å². The molecule has 0 heterocycles. The Balaban J connectivity index is 2.67. The van der Waals surface area contributed by atoms with Crippen molar-refractivity contribution in [2.75, 3.05) is 6.54 Å². The molecule has 1 nitrogen and oxygen atoms in total. The maximum atomic E-state index is 3.61. The quantitative estimate of drug-likeness (QED) is 0.732. The van der Waals surface area contributed by atoms with Gasteiger partial charge in [-0.3, -0.25) is 0 Å². The van der Waals surface area contributed by atoms with Crippen LogP contribution in [-0.4, -0.2) is 6.54 Å². The van der Waals surface area contributed by atoms with E-state index in [0.29, 0.717) is 6.04 Å². The van der Waals surface area contributed by atoms with Crippen molar-refractivity contribution in [2.45, 2.75) is 46.6 Å². The molecule has 2 atom stereocenters. The van der Waals surface area contributed by atoms with E-state index >= 15 is 0 Å². The highest BCUT2D eigenvalue weighted by Gasteiger charge is 2.15. The molecule has 0 saturated carbocycles. The van der Waals surface area contributed by atoms with Crippen LogP contribution in [0.15, 0.2) is 28.7 Å². The summed E-state index contributed by atoms with van der Waals surface area (Å²) in [6.07, 6.45) is 2.52. The second kappa shape index (κ2) is 7.96. The monoisotopic (exact) mass is 311 g/mol. The van der Waals surface area contributed by atoms with Gasteiger partial charge in [-0.15, -0.1) is 0 Å². The number of hydrogen-bond acceptors (Lipinski definition) is 1. The maximum absolute atomic E-state index is 3.61. The predicted octanol–water partition coefficient (Wildman–Crippen LogP) is 5.17. The Kier molecular flexibility index (Phi) is 6.95. The molecule has 1 rings (SSSR count). The van der Waals surface area contributed by atoms with Crippen LogP contribution >= 0.6 is 15.9 Å². The highest BCUT2D eigenvalue weighted by molar-refractivity contribution is 9.10. The van der Waals surface area contributed by atoms with Gasteiger partial charge in [0, 0.05) is 10.5 Å². The zero-order valence-corrected chi connectivity index (χ0v) is 13.6. The van der Waals surface area contributed by atoms with Gasteiger partial charge in [0.2, 0.25) is 0 Å². The minimum atomic E-state index is 0.483. The first-order valence-electron chi connectivity index (χ1n) is 7.01. The zero-order chi connectivity index (χ0) is 13.5. The van der Waals surface area contributed by atoms with Gasteiger partial charge in [0.1, 0.15) is 0 Å². The molecule has 1 N–H and O–H groups in total. The summed E-state index contributed by atoms with van der Waals surface area (Å²) < 4.78 is 1.15. The van der Waals surface area contributed by atoms with Gasteiger partial charge in [-0.2, -0.15) is 0 Å². The van der Waals surface area contributed by atoms with Crippen molar-refractivity contribution in [3.05, 3.63) is 34.3 Å². The molecule has 2 unspecified atom stereocenters. The van der Waals surface area contributed by atoms with Crippen molar-refractivity contribution in [1.29, 1.82) is 0 Å². The molecule has 0 radical (unpaired) electrons. The van der Waals surface area contributed by atoms with Crippen molar-refractivity contribution in [2.24, 2.45) is 11.8 Å². The number of benzene rings is 1. The summed E-state index contributed by atoms with van der Waals surface area (Å²) in [6.45, 7) is 10.2. The van der Waals surface area contributed by atoms with Crippen LogP contribution in [0.25, 0.3) is 0 Å². The first-order chi connectivity index (χ1) is 8.52. The molecule has 0 aliphatic rings. The summed E-state index contributed by atoms with van der Waals surface area (Å²) in [5, 5.41) is 3.61. The lowest BCUT2D eigenvalue weighted by atomic mass is 9.90. The van der Waals surface area contributed by atoms with Gasteiger partial charge < -0.3 is 5.32 Å². The Labute approximate surface area is 120 Å². The summed E-state index contributed by atoms with van der Waals surface area (Å²) in [4.78, 5) is 0. The topological polar surface area (TPSA) is 12.0 Å². The Morgan fingerprint density at radius 3 is 2.17 bits per heavy atom. The lowest BCUT2D eigenvalue weighted by Crippen LogP contribution is -2.23. The van der Waals surface area contributed by atoms with Crippen LogP contribution in [0, 0.1) is 11.8 Å². The predicted molar refractivity (Wildman–Crippen MR) is 83.8 cm³/mol. The van der Waals surface area contributed by atoms with Crippen molar-refractivity contribution in [1.82, 2.24) is 5.32 Å². The normalized spacial score (nSPS) is 14.8. The molecule has 2 heteroatoms. The van der Waals surface area contributed by atoms with Crippen LogP contribution in [0.2, 0.25) is 0 Å². The van der Waals surface area contributed by atoms with E-state index in [0.717, 1.165) is 22.9 Å². The third-order valence-electron chi connectivity index (χ3n) is 3.23. The largest absolute Gasteiger partial charge is 0.310 e. The van der Waals surface area contributed by atoms with E-state index in [1.54, 1.807) is 0 Å². The van der Waals surface area contributed by atoms with E-state index in [2.05, 4.69) is 73.2 Å². The standard InChI is InChI=1S/C16H26BrN/c1-5-18-16(11-13(4)10-12(2)3)14-6-8-15(17)9-7-14/h6-9,12-13,16,18H,5,10-11H2,1-4H3. The van der Waals surface area contributed by atoms with E-state index in [9.17, 15) is 0 Å². The number of hydrogen-bond donors (Lipinski definition) is 1. The van der Waals surface area contributed by atoms with Gasteiger partial charge in [-0.25, -0.2) is 0 Å². The summed E-state index contributed by atoms with van der Waals surface area (Å²) in [7, 11) is 0. The molecular weight excluding hydrogens is 286 g/mol. The molecule has 1 aromatic carbocycles. The molecule has 0 aliphatic heterocycles. The Morgan fingerprint density at radius 2 is 1.67 bits per heavy atom. The molecule has 18 heavy (non-hydrogen) atoms. The molecule has 0 amide bonds. The molecule has 0 aromatic heterocycles. The van der Waals surface area contributed by atoms with Crippen LogP contribution < -0.4 is 5.32 Å². The fourth-order valence-electron chi connectivity index (χ4n) is 2.58. The zero-order valence-electron chi connectivity index (χ0n) is 12.0. The van der Waals surface area contributed by atoms with E-state index in [1.807, 2.05) is 0 Å². The van der Waals surface area contributed by atoms with Gasteiger partial charge >= 0.3 is 0 Å². The fraction of sp³-hybridized carbons (Fsp3) is 0.625. The van der Waals surface area contributed by atoms with E-state index in [1.165, 1.54) is 18.4 Å². The smallest absolute Gasteiger partial charge is 0.0322 e. The molecule has 1 aromatic rings. The molecule has 0 spiro atoms. The van der Waals surface area contributed by atoms with Gasteiger partial charge in [0.15, 0.2) is 0 Å². The number of rotatable bonds is 7.